The SMILES string of the molecule is NSC1=CCCC(F)=N1. The Balaban J connectivity index is 2.63. The maximum atomic E-state index is 12.3. The number of nitrogens with two attached hydrogens (primary N) is 1. The first kappa shape index (κ1) is 6.77. The van der Waals surface area contributed by atoms with Crippen LogP contribution < -0.4 is 5.14 Å². The van der Waals surface area contributed by atoms with Crippen LogP contribution >= 0.6 is 11.9 Å². The van der Waals surface area contributed by atoms with E-state index in [-0.39, 0.29) is 5.97 Å². The van der Waals surface area contributed by atoms with Gasteiger partial charge in [-0.2, -0.15) is 4.39 Å². The molecule has 0 radical (unpaired) electrons. The fourth-order valence-corrected chi connectivity index (χ4v) is 0.976. The normalized spacial score (nSPS) is 18.9. The highest BCUT2D eigenvalue weighted by Crippen LogP contribution is 2.17. The van der Waals surface area contributed by atoms with Gasteiger partial charge in [-0.3, -0.25) is 5.14 Å². The molecule has 1 rings (SSSR count). The summed E-state index contributed by atoms with van der Waals surface area (Å²) >= 11 is 0.983. The van der Waals surface area contributed by atoms with Crippen LogP contribution in [0.4, 0.5) is 4.39 Å². The largest absolute Gasteiger partial charge is 0.272 e. The molecule has 0 amide bonds. The molecule has 0 aromatic rings. The number of allylic oxidation sites excluding steroid dienone is 1. The van der Waals surface area contributed by atoms with Crippen molar-refractivity contribution in [1.29, 1.82) is 0 Å². The third-order valence-electron chi connectivity index (χ3n) is 1.02. The van der Waals surface area contributed by atoms with E-state index in [0.29, 0.717) is 11.4 Å². The molecule has 0 aromatic carbocycles. The maximum Gasteiger partial charge on any atom is 0.190 e. The summed E-state index contributed by atoms with van der Waals surface area (Å²) in [4.78, 5) is 3.55. The van der Waals surface area contributed by atoms with E-state index in [4.69, 9.17) is 5.14 Å². The molecule has 0 aromatic heterocycles. The Labute approximate surface area is 57.2 Å². The fraction of sp³-hybridized carbons (Fsp3) is 0.400. The zero-order valence-corrected chi connectivity index (χ0v) is 5.62. The monoisotopic (exact) mass is 146 g/mol. The van der Waals surface area contributed by atoms with E-state index in [1.54, 1.807) is 0 Å². The highest BCUT2D eigenvalue weighted by Gasteiger charge is 2.03. The van der Waals surface area contributed by atoms with Gasteiger partial charge in [0, 0.05) is 6.42 Å². The quantitative estimate of drug-likeness (QED) is 0.570. The highest BCUT2D eigenvalue weighted by molar-refractivity contribution is 8.00. The molecule has 0 saturated carbocycles. The van der Waals surface area contributed by atoms with Crippen molar-refractivity contribution in [2.75, 3.05) is 0 Å². The predicted molar refractivity (Wildman–Crippen MR) is 37.6 cm³/mol. The second-order valence-electron chi connectivity index (χ2n) is 1.69. The summed E-state index contributed by atoms with van der Waals surface area (Å²) < 4.78 is 12.3. The predicted octanol–water partition coefficient (Wildman–Crippen LogP) is 1.60. The summed E-state index contributed by atoms with van der Waals surface area (Å²) in [5, 5.41) is 5.72. The zero-order valence-electron chi connectivity index (χ0n) is 4.80. The van der Waals surface area contributed by atoms with Gasteiger partial charge in [0.05, 0.1) is 0 Å². The molecule has 1 aliphatic rings. The summed E-state index contributed by atoms with van der Waals surface area (Å²) in [7, 11) is 0. The Kier molecular flexibility index (Phi) is 2.24. The van der Waals surface area contributed by atoms with Crippen LogP contribution in [0.15, 0.2) is 16.1 Å². The van der Waals surface area contributed by atoms with Gasteiger partial charge >= 0.3 is 0 Å². The van der Waals surface area contributed by atoms with Crippen LogP contribution in [0.1, 0.15) is 12.8 Å². The number of nitrogens with zero attached hydrogens (tertiary/aromatic N) is 1. The maximum absolute atomic E-state index is 12.3. The number of hydrogen-bond acceptors (Lipinski definition) is 3. The molecular weight excluding hydrogens is 139 g/mol. The van der Waals surface area contributed by atoms with E-state index in [2.05, 4.69) is 4.99 Å². The molecule has 9 heavy (non-hydrogen) atoms. The van der Waals surface area contributed by atoms with E-state index >= 15 is 0 Å². The first-order valence-electron chi connectivity index (χ1n) is 2.63. The second kappa shape index (κ2) is 2.98. The standard InChI is InChI=1S/C5H7FN2S/c6-4-2-1-3-5(8-4)9-7/h3H,1-2,7H2. The van der Waals surface area contributed by atoms with Crippen molar-refractivity contribution < 1.29 is 4.39 Å². The van der Waals surface area contributed by atoms with Crippen LogP contribution in [-0.2, 0) is 0 Å². The molecule has 0 aliphatic carbocycles. The average Bonchev–Trinajstić information content (AvgIpc) is 1.88. The molecule has 1 heterocycles. The smallest absolute Gasteiger partial charge is 0.190 e. The number of aliphatic imine (C=N–C) groups is 1. The lowest BCUT2D eigenvalue weighted by molar-refractivity contribution is 0.750. The van der Waals surface area contributed by atoms with Gasteiger partial charge in [-0.25, -0.2) is 4.99 Å². The molecule has 0 bridgehead atoms. The van der Waals surface area contributed by atoms with Crippen LogP contribution in [-0.4, -0.2) is 5.97 Å². The molecule has 0 unspecified atom stereocenters. The lowest BCUT2D eigenvalue weighted by Gasteiger charge is -2.02. The molecule has 2 N–H and O–H groups in total. The molecule has 50 valence electrons. The number of hydrogen-bond donors (Lipinski definition) is 1. The molecule has 0 spiro atoms. The third kappa shape index (κ3) is 1.80. The van der Waals surface area contributed by atoms with Gasteiger partial charge in [-0.15, -0.1) is 0 Å². The third-order valence-corrected chi connectivity index (χ3v) is 1.52. The van der Waals surface area contributed by atoms with Gasteiger partial charge in [-0.05, 0) is 18.4 Å². The molecule has 4 heteroatoms. The minimum absolute atomic E-state index is 0.314. The molecule has 0 atom stereocenters. The van der Waals surface area contributed by atoms with Crippen molar-refractivity contribution in [2.45, 2.75) is 12.8 Å². The van der Waals surface area contributed by atoms with Crippen molar-refractivity contribution in [3.05, 3.63) is 11.1 Å². The molecular formula is C5H7FN2S. The van der Waals surface area contributed by atoms with E-state index in [0.717, 1.165) is 18.4 Å². The minimum atomic E-state index is -0.314. The Morgan fingerprint density at radius 2 is 2.56 bits per heavy atom. The van der Waals surface area contributed by atoms with Crippen LogP contribution in [0.3, 0.4) is 0 Å². The summed E-state index contributed by atoms with van der Waals surface area (Å²) in [5.74, 6) is -0.314. The van der Waals surface area contributed by atoms with Crippen molar-refractivity contribution >= 4 is 17.9 Å². The van der Waals surface area contributed by atoms with E-state index in [9.17, 15) is 4.39 Å². The lowest BCUT2D eigenvalue weighted by Crippen LogP contribution is -1.95. The molecule has 1 aliphatic heterocycles. The summed E-state index contributed by atoms with van der Waals surface area (Å²) in [5.41, 5.74) is 0. The first-order chi connectivity index (χ1) is 4.33. The zero-order chi connectivity index (χ0) is 6.69. The second-order valence-corrected chi connectivity index (χ2v) is 2.34. The number of rotatable bonds is 1. The average molecular weight is 146 g/mol. The molecule has 0 saturated heterocycles. The van der Waals surface area contributed by atoms with Gasteiger partial charge < -0.3 is 0 Å². The van der Waals surface area contributed by atoms with Crippen molar-refractivity contribution in [2.24, 2.45) is 10.1 Å². The van der Waals surface area contributed by atoms with Gasteiger partial charge in [-0.1, -0.05) is 6.08 Å². The van der Waals surface area contributed by atoms with Crippen molar-refractivity contribution in [3.63, 3.8) is 0 Å². The van der Waals surface area contributed by atoms with Gasteiger partial charge in [0.1, 0.15) is 5.03 Å². The first-order valence-corrected chi connectivity index (χ1v) is 3.51. The topological polar surface area (TPSA) is 38.4 Å². The van der Waals surface area contributed by atoms with E-state index < -0.39 is 0 Å². The Hall–Kier alpha value is -0.350. The number of halogens is 1. The minimum Gasteiger partial charge on any atom is -0.272 e. The van der Waals surface area contributed by atoms with Crippen molar-refractivity contribution in [3.8, 4) is 0 Å². The Bertz CT molecular complexity index is 164. The van der Waals surface area contributed by atoms with Crippen LogP contribution in [0.2, 0.25) is 0 Å². The summed E-state index contributed by atoms with van der Waals surface area (Å²) in [6, 6.07) is 0. The van der Waals surface area contributed by atoms with E-state index in [1.165, 1.54) is 0 Å². The van der Waals surface area contributed by atoms with Gasteiger partial charge in [0.2, 0.25) is 0 Å². The molecule has 0 fully saturated rings. The van der Waals surface area contributed by atoms with Crippen LogP contribution in [0.5, 0.6) is 0 Å². The summed E-state index contributed by atoms with van der Waals surface area (Å²) in [6.07, 6.45) is 2.96. The summed E-state index contributed by atoms with van der Waals surface area (Å²) in [6.45, 7) is 0. The highest BCUT2D eigenvalue weighted by atomic mass is 32.2. The lowest BCUT2D eigenvalue weighted by atomic mass is 10.3. The van der Waals surface area contributed by atoms with Gasteiger partial charge in [0.25, 0.3) is 0 Å². The fourth-order valence-electron chi connectivity index (χ4n) is 0.610. The Morgan fingerprint density at radius 1 is 1.78 bits per heavy atom. The Morgan fingerprint density at radius 3 is 3.00 bits per heavy atom. The van der Waals surface area contributed by atoms with E-state index in [1.807, 2.05) is 6.08 Å². The molecule has 2 nitrogen and oxygen atoms in total. The van der Waals surface area contributed by atoms with Crippen LogP contribution in [0, 0.1) is 0 Å². The van der Waals surface area contributed by atoms with Crippen LogP contribution in [0.25, 0.3) is 0 Å². The van der Waals surface area contributed by atoms with Gasteiger partial charge in [0.15, 0.2) is 5.97 Å². The van der Waals surface area contributed by atoms with Crippen molar-refractivity contribution in [1.82, 2.24) is 0 Å².